The minimum Gasteiger partial charge on any atom is -0.325 e. The van der Waals surface area contributed by atoms with Crippen LogP contribution in [0.3, 0.4) is 0 Å². The van der Waals surface area contributed by atoms with Crippen LogP contribution in [0.1, 0.15) is 12.5 Å². The van der Waals surface area contributed by atoms with Gasteiger partial charge >= 0.3 is 0 Å². The zero-order valence-electron chi connectivity index (χ0n) is 14.5. The van der Waals surface area contributed by atoms with E-state index in [1.165, 1.54) is 11.8 Å². The second kappa shape index (κ2) is 8.20. The van der Waals surface area contributed by atoms with Crippen LogP contribution in [0, 0.1) is 11.3 Å². The SMILES string of the molecule is C[C@H](Sc1nnc(-c2ccncc2)n1C)C(=O)Nc1ccc(C#N)c(Cl)c1. The first-order valence-electron chi connectivity index (χ1n) is 7.96. The third-order valence-corrected chi connectivity index (χ3v) is 5.23. The molecule has 0 unspecified atom stereocenters. The Morgan fingerprint density at radius 3 is 2.70 bits per heavy atom. The molecule has 0 radical (unpaired) electrons. The molecule has 1 atom stereocenters. The number of rotatable bonds is 5. The number of anilines is 1. The number of aromatic nitrogens is 4. The molecule has 0 fully saturated rings. The van der Waals surface area contributed by atoms with E-state index in [2.05, 4.69) is 20.5 Å². The standard InChI is InChI=1S/C18H15ClN6OS/c1-11(17(26)22-14-4-3-13(10-20)15(19)9-14)27-18-24-23-16(25(18)2)12-5-7-21-8-6-12/h3-9,11H,1-2H3,(H,22,26)/t11-/m0/s1. The van der Waals surface area contributed by atoms with Crippen LogP contribution in [0.4, 0.5) is 5.69 Å². The van der Waals surface area contributed by atoms with E-state index in [9.17, 15) is 4.79 Å². The number of thioether (sulfide) groups is 1. The quantitative estimate of drug-likeness (QED) is 0.660. The lowest BCUT2D eigenvalue weighted by Crippen LogP contribution is -2.22. The number of hydrogen-bond acceptors (Lipinski definition) is 6. The summed E-state index contributed by atoms with van der Waals surface area (Å²) in [6.07, 6.45) is 3.38. The van der Waals surface area contributed by atoms with E-state index in [1.807, 2.05) is 29.8 Å². The van der Waals surface area contributed by atoms with Crippen LogP contribution in [0.5, 0.6) is 0 Å². The molecule has 2 heterocycles. The van der Waals surface area contributed by atoms with E-state index in [0.717, 1.165) is 5.56 Å². The fourth-order valence-corrected chi connectivity index (χ4v) is 3.35. The van der Waals surface area contributed by atoms with Crippen molar-refractivity contribution in [2.45, 2.75) is 17.3 Å². The highest BCUT2D eigenvalue weighted by atomic mass is 35.5. The largest absolute Gasteiger partial charge is 0.325 e. The van der Waals surface area contributed by atoms with E-state index in [-0.39, 0.29) is 5.91 Å². The minimum atomic E-state index is -0.410. The summed E-state index contributed by atoms with van der Waals surface area (Å²) in [6, 6.07) is 10.4. The van der Waals surface area contributed by atoms with Crippen molar-refractivity contribution in [1.82, 2.24) is 19.7 Å². The first-order valence-corrected chi connectivity index (χ1v) is 9.22. The third kappa shape index (κ3) is 4.27. The molecule has 3 rings (SSSR count). The number of carbonyl (C=O) groups excluding carboxylic acids is 1. The molecule has 2 aromatic heterocycles. The van der Waals surface area contributed by atoms with Crippen molar-refractivity contribution in [3.63, 3.8) is 0 Å². The van der Waals surface area contributed by atoms with Crippen molar-refractivity contribution in [3.05, 3.63) is 53.3 Å². The molecule has 3 aromatic rings. The van der Waals surface area contributed by atoms with Crippen molar-refractivity contribution < 1.29 is 4.79 Å². The van der Waals surface area contributed by atoms with Gasteiger partial charge in [0, 0.05) is 30.7 Å². The number of halogens is 1. The molecule has 1 amide bonds. The summed E-state index contributed by atoms with van der Waals surface area (Å²) in [5, 5.41) is 20.6. The fraction of sp³-hybridized carbons (Fsp3) is 0.167. The molecule has 27 heavy (non-hydrogen) atoms. The molecule has 9 heteroatoms. The molecule has 0 bridgehead atoms. The van der Waals surface area contributed by atoms with Crippen LogP contribution < -0.4 is 5.32 Å². The van der Waals surface area contributed by atoms with E-state index in [4.69, 9.17) is 16.9 Å². The van der Waals surface area contributed by atoms with Gasteiger partial charge in [-0.05, 0) is 37.3 Å². The molecule has 0 saturated heterocycles. The minimum absolute atomic E-state index is 0.200. The molecule has 0 saturated carbocycles. The normalized spacial score (nSPS) is 11.6. The van der Waals surface area contributed by atoms with Crippen LogP contribution in [-0.2, 0) is 11.8 Å². The van der Waals surface area contributed by atoms with Gasteiger partial charge in [-0.15, -0.1) is 10.2 Å². The Kier molecular flexibility index (Phi) is 5.74. The van der Waals surface area contributed by atoms with E-state index in [0.29, 0.717) is 27.3 Å². The molecule has 0 aliphatic carbocycles. The molecule has 1 aromatic carbocycles. The van der Waals surface area contributed by atoms with Crippen molar-refractivity contribution in [1.29, 1.82) is 5.26 Å². The smallest absolute Gasteiger partial charge is 0.237 e. The highest BCUT2D eigenvalue weighted by Gasteiger charge is 2.19. The van der Waals surface area contributed by atoms with Crippen LogP contribution in [0.25, 0.3) is 11.4 Å². The Morgan fingerprint density at radius 2 is 2.04 bits per heavy atom. The van der Waals surface area contributed by atoms with Crippen molar-refractivity contribution in [3.8, 4) is 17.5 Å². The number of amides is 1. The Balaban J connectivity index is 1.69. The van der Waals surface area contributed by atoms with Crippen LogP contribution >= 0.6 is 23.4 Å². The van der Waals surface area contributed by atoms with E-state index >= 15 is 0 Å². The summed E-state index contributed by atoms with van der Waals surface area (Å²) in [7, 11) is 1.85. The average Bonchev–Trinajstić information content (AvgIpc) is 3.03. The highest BCUT2D eigenvalue weighted by molar-refractivity contribution is 8.00. The molecule has 7 nitrogen and oxygen atoms in total. The first-order chi connectivity index (χ1) is 13.0. The van der Waals surface area contributed by atoms with Gasteiger partial charge in [0.1, 0.15) is 6.07 Å². The summed E-state index contributed by atoms with van der Waals surface area (Å²) in [5.41, 5.74) is 1.79. The topological polar surface area (TPSA) is 96.5 Å². The lowest BCUT2D eigenvalue weighted by Gasteiger charge is -2.12. The molecule has 136 valence electrons. The Bertz CT molecular complexity index is 1010. The van der Waals surface area contributed by atoms with E-state index in [1.54, 1.807) is 37.5 Å². The molecule has 0 aliphatic rings. The van der Waals surface area contributed by atoms with Gasteiger partial charge in [0.15, 0.2) is 11.0 Å². The number of pyridine rings is 1. The molecule has 0 spiro atoms. The Labute approximate surface area is 165 Å². The highest BCUT2D eigenvalue weighted by Crippen LogP contribution is 2.26. The lowest BCUT2D eigenvalue weighted by atomic mass is 10.2. The number of carbonyl (C=O) groups is 1. The van der Waals surface area contributed by atoms with Crippen molar-refractivity contribution in [2.75, 3.05) is 5.32 Å². The van der Waals surface area contributed by atoms with Gasteiger partial charge in [-0.25, -0.2) is 0 Å². The molecule has 0 aliphatic heterocycles. The van der Waals surface area contributed by atoms with Crippen molar-refractivity contribution >= 4 is 35.0 Å². The van der Waals surface area contributed by atoms with Gasteiger partial charge in [-0.2, -0.15) is 5.26 Å². The number of nitrogens with one attached hydrogen (secondary N) is 1. The van der Waals surface area contributed by atoms with E-state index < -0.39 is 5.25 Å². The summed E-state index contributed by atoms with van der Waals surface area (Å²) in [4.78, 5) is 16.5. The maximum absolute atomic E-state index is 12.5. The zero-order chi connectivity index (χ0) is 19.4. The molecular formula is C18H15ClN6OS. The van der Waals surface area contributed by atoms with Crippen LogP contribution in [-0.4, -0.2) is 30.9 Å². The van der Waals surface area contributed by atoms with Crippen LogP contribution in [0.2, 0.25) is 5.02 Å². The number of nitrogens with zero attached hydrogens (tertiary/aromatic N) is 5. The predicted octanol–water partition coefficient (Wildman–Crippen LogP) is 3.52. The zero-order valence-corrected chi connectivity index (χ0v) is 16.1. The van der Waals surface area contributed by atoms with Gasteiger partial charge < -0.3 is 9.88 Å². The maximum atomic E-state index is 12.5. The maximum Gasteiger partial charge on any atom is 0.237 e. The fourth-order valence-electron chi connectivity index (χ4n) is 2.31. The lowest BCUT2D eigenvalue weighted by molar-refractivity contribution is -0.115. The Morgan fingerprint density at radius 1 is 1.30 bits per heavy atom. The summed E-state index contributed by atoms with van der Waals surface area (Å²) in [5.74, 6) is 0.501. The number of hydrogen-bond donors (Lipinski definition) is 1. The van der Waals surface area contributed by atoms with Gasteiger partial charge in [-0.3, -0.25) is 9.78 Å². The molecular weight excluding hydrogens is 384 g/mol. The number of benzene rings is 1. The Hall–Kier alpha value is -2.89. The summed E-state index contributed by atoms with van der Waals surface area (Å²) in [6.45, 7) is 1.78. The van der Waals surface area contributed by atoms with Crippen LogP contribution in [0.15, 0.2) is 47.9 Å². The average molecular weight is 399 g/mol. The first kappa shape index (κ1) is 18.9. The van der Waals surface area contributed by atoms with Crippen molar-refractivity contribution in [2.24, 2.45) is 7.05 Å². The van der Waals surface area contributed by atoms with Gasteiger partial charge in [0.25, 0.3) is 0 Å². The summed E-state index contributed by atoms with van der Waals surface area (Å²) < 4.78 is 1.84. The van der Waals surface area contributed by atoms with Gasteiger partial charge in [0.05, 0.1) is 15.8 Å². The van der Waals surface area contributed by atoms with Gasteiger partial charge in [0.2, 0.25) is 5.91 Å². The summed E-state index contributed by atoms with van der Waals surface area (Å²) >= 11 is 7.30. The monoisotopic (exact) mass is 398 g/mol. The third-order valence-electron chi connectivity index (χ3n) is 3.78. The second-order valence-corrected chi connectivity index (χ2v) is 7.37. The molecule has 1 N–H and O–H groups in total. The van der Waals surface area contributed by atoms with Gasteiger partial charge in [-0.1, -0.05) is 23.4 Å². The number of nitriles is 1. The predicted molar refractivity (Wildman–Crippen MR) is 104 cm³/mol. The second-order valence-electron chi connectivity index (χ2n) is 5.66.